The number of nitrogens with zero attached hydrogens (tertiary/aromatic N) is 1. The lowest BCUT2D eigenvalue weighted by Crippen LogP contribution is -2.27. The largest absolute Gasteiger partial charge is 0.438 e. The Labute approximate surface area is 147 Å². The van der Waals surface area contributed by atoms with Crippen LogP contribution in [0.25, 0.3) is 0 Å². The molecule has 1 fully saturated rings. The number of furan rings is 1. The molecule has 2 aromatic rings. The lowest BCUT2D eigenvalue weighted by Gasteiger charge is -2.13. The molecule has 0 saturated carbocycles. The van der Waals surface area contributed by atoms with E-state index < -0.39 is 15.9 Å². The van der Waals surface area contributed by atoms with Gasteiger partial charge in [-0.2, -0.15) is 4.31 Å². The van der Waals surface area contributed by atoms with Crippen LogP contribution in [0.3, 0.4) is 0 Å². The van der Waals surface area contributed by atoms with Crippen LogP contribution in [0.2, 0.25) is 0 Å². The van der Waals surface area contributed by atoms with Crippen LogP contribution < -0.4 is 5.32 Å². The van der Waals surface area contributed by atoms with Crippen LogP contribution >= 0.6 is 0 Å². The third-order valence-electron chi connectivity index (χ3n) is 4.30. The van der Waals surface area contributed by atoms with E-state index >= 15 is 0 Å². The van der Waals surface area contributed by atoms with Crippen molar-refractivity contribution in [3.05, 3.63) is 47.7 Å². The van der Waals surface area contributed by atoms with Crippen molar-refractivity contribution in [1.29, 1.82) is 0 Å². The van der Waals surface area contributed by atoms with Crippen molar-refractivity contribution in [1.82, 2.24) is 4.31 Å². The molecule has 1 saturated heterocycles. The van der Waals surface area contributed by atoms with Gasteiger partial charge in [-0.25, -0.2) is 8.42 Å². The lowest BCUT2D eigenvalue weighted by molar-refractivity contribution is 0.0991. The molecule has 1 aromatic carbocycles. The van der Waals surface area contributed by atoms with E-state index in [1.54, 1.807) is 0 Å². The van der Waals surface area contributed by atoms with Gasteiger partial charge in [0, 0.05) is 18.8 Å². The number of benzene rings is 1. The van der Waals surface area contributed by atoms with E-state index in [1.807, 2.05) is 38.1 Å². The Kier molecular flexibility index (Phi) is 4.96. The van der Waals surface area contributed by atoms with Gasteiger partial charge >= 0.3 is 0 Å². The van der Waals surface area contributed by atoms with Crippen molar-refractivity contribution in [2.24, 2.45) is 0 Å². The summed E-state index contributed by atoms with van der Waals surface area (Å²) in [6.45, 7) is 5.07. The van der Waals surface area contributed by atoms with Crippen molar-refractivity contribution in [3.63, 3.8) is 0 Å². The highest BCUT2D eigenvalue weighted by Gasteiger charge is 2.30. The summed E-state index contributed by atoms with van der Waals surface area (Å²) in [6, 6.07) is 10.3. The fourth-order valence-corrected chi connectivity index (χ4v) is 4.36. The molecule has 1 aliphatic rings. The second-order valence-corrected chi connectivity index (χ2v) is 8.29. The van der Waals surface area contributed by atoms with Gasteiger partial charge in [-0.15, -0.1) is 0 Å². The van der Waals surface area contributed by atoms with Gasteiger partial charge in [-0.05, 0) is 42.5 Å². The van der Waals surface area contributed by atoms with E-state index in [-0.39, 0.29) is 16.8 Å². The molecule has 0 radical (unpaired) electrons. The highest BCUT2D eigenvalue weighted by molar-refractivity contribution is 7.89. The molecule has 2 heterocycles. The number of para-hydroxylation sites is 1. The van der Waals surface area contributed by atoms with Gasteiger partial charge in [0.05, 0.1) is 0 Å². The average Bonchev–Trinajstić information content (AvgIpc) is 3.27. The van der Waals surface area contributed by atoms with Gasteiger partial charge in [0.25, 0.3) is 15.9 Å². The zero-order valence-electron chi connectivity index (χ0n) is 14.4. The predicted molar refractivity (Wildman–Crippen MR) is 95.2 cm³/mol. The topological polar surface area (TPSA) is 79.6 Å². The van der Waals surface area contributed by atoms with Crippen LogP contribution in [0, 0.1) is 0 Å². The van der Waals surface area contributed by atoms with Gasteiger partial charge in [0.2, 0.25) is 5.09 Å². The Balaban J connectivity index is 1.80. The molecule has 25 heavy (non-hydrogen) atoms. The minimum absolute atomic E-state index is 0.0173. The number of hydrogen-bond acceptors (Lipinski definition) is 4. The molecule has 1 aliphatic heterocycles. The fourth-order valence-electron chi connectivity index (χ4n) is 2.93. The number of sulfonamides is 1. The summed E-state index contributed by atoms with van der Waals surface area (Å²) in [5, 5.41) is 2.62. The first kappa shape index (κ1) is 17.7. The van der Waals surface area contributed by atoms with Crippen molar-refractivity contribution in [2.45, 2.75) is 37.7 Å². The number of carbonyl (C=O) groups is 1. The van der Waals surface area contributed by atoms with E-state index in [1.165, 1.54) is 16.4 Å². The first-order valence-electron chi connectivity index (χ1n) is 8.40. The molecule has 1 N–H and O–H groups in total. The van der Waals surface area contributed by atoms with Crippen LogP contribution in [0.5, 0.6) is 0 Å². The summed E-state index contributed by atoms with van der Waals surface area (Å²) in [5.74, 6) is -0.230. The summed E-state index contributed by atoms with van der Waals surface area (Å²) < 4.78 is 31.7. The quantitative estimate of drug-likeness (QED) is 0.883. The number of anilines is 1. The van der Waals surface area contributed by atoms with Crippen LogP contribution in [0.4, 0.5) is 5.69 Å². The minimum Gasteiger partial charge on any atom is -0.438 e. The van der Waals surface area contributed by atoms with Crippen molar-refractivity contribution in [3.8, 4) is 0 Å². The van der Waals surface area contributed by atoms with E-state index in [9.17, 15) is 13.2 Å². The summed E-state index contributed by atoms with van der Waals surface area (Å²) >= 11 is 0. The molecule has 1 amide bonds. The molecule has 134 valence electrons. The third-order valence-corrected chi connectivity index (χ3v) is 6.07. The molecule has 1 aromatic heterocycles. The zero-order chi connectivity index (χ0) is 18.0. The Morgan fingerprint density at radius 3 is 2.48 bits per heavy atom. The summed E-state index contributed by atoms with van der Waals surface area (Å²) in [4.78, 5) is 12.4. The van der Waals surface area contributed by atoms with Gasteiger partial charge in [0.1, 0.15) is 0 Å². The maximum Gasteiger partial charge on any atom is 0.291 e. The Morgan fingerprint density at radius 1 is 1.12 bits per heavy atom. The molecule has 7 heteroatoms. The molecule has 6 nitrogen and oxygen atoms in total. The average molecular weight is 362 g/mol. The molecular weight excluding hydrogens is 340 g/mol. The molecule has 0 spiro atoms. The number of rotatable bonds is 5. The first-order chi connectivity index (χ1) is 11.9. The molecule has 0 bridgehead atoms. The van der Waals surface area contributed by atoms with Gasteiger partial charge < -0.3 is 9.73 Å². The Morgan fingerprint density at radius 2 is 1.80 bits per heavy atom. The van der Waals surface area contributed by atoms with Crippen LogP contribution in [0.15, 0.2) is 45.9 Å². The number of amides is 1. The van der Waals surface area contributed by atoms with Gasteiger partial charge in [0.15, 0.2) is 5.76 Å². The Bertz CT molecular complexity index is 865. The molecule has 0 atom stereocenters. The predicted octanol–water partition coefficient (Wildman–Crippen LogP) is 3.44. The SMILES string of the molecule is CC(C)c1ccccc1NC(=O)c1ccc(S(=O)(=O)N2CCCC2)o1. The molecule has 0 unspecified atom stereocenters. The first-order valence-corrected chi connectivity index (χ1v) is 9.84. The van der Waals surface area contributed by atoms with E-state index in [0.29, 0.717) is 18.8 Å². The minimum atomic E-state index is -3.66. The van der Waals surface area contributed by atoms with Crippen LogP contribution in [-0.2, 0) is 10.0 Å². The standard InChI is InChI=1S/C18H22N2O4S/c1-13(2)14-7-3-4-8-15(14)19-18(21)16-9-10-17(24-16)25(22,23)20-11-5-6-12-20/h3-4,7-10,13H,5-6,11-12H2,1-2H3,(H,19,21). The summed E-state index contributed by atoms with van der Waals surface area (Å²) in [7, 11) is -3.66. The third kappa shape index (κ3) is 3.62. The summed E-state index contributed by atoms with van der Waals surface area (Å²) in [6.07, 6.45) is 1.69. The second kappa shape index (κ2) is 7.01. The van der Waals surface area contributed by atoms with Crippen LogP contribution in [-0.4, -0.2) is 31.7 Å². The number of carbonyl (C=O) groups excluding carboxylic acids is 1. The Hall–Kier alpha value is -2.12. The van der Waals surface area contributed by atoms with E-state index in [2.05, 4.69) is 5.32 Å². The van der Waals surface area contributed by atoms with Crippen molar-refractivity contribution >= 4 is 21.6 Å². The molecule has 3 rings (SSSR count). The zero-order valence-corrected chi connectivity index (χ0v) is 15.2. The fraction of sp³-hybridized carbons (Fsp3) is 0.389. The van der Waals surface area contributed by atoms with Gasteiger partial charge in [-0.3, -0.25) is 4.79 Å². The number of nitrogens with one attached hydrogen (secondary N) is 1. The molecule has 0 aliphatic carbocycles. The van der Waals surface area contributed by atoms with Crippen molar-refractivity contribution in [2.75, 3.05) is 18.4 Å². The van der Waals surface area contributed by atoms with E-state index in [0.717, 1.165) is 18.4 Å². The van der Waals surface area contributed by atoms with Crippen molar-refractivity contribution < 1.29 is 17.6 Å². The monoisotopic (exact) mass is 362 g/mol. The van der Waals surface area contributed by atoms with E-state index in [4.69, 9.17) is 4.42 Å². The molecular formula is C18H22N2O4S. The number of hydrogen-bond donors (Lipinski definition) is 1. The summed E-state index contributed by atoms with van der Waals surface area (Å²) in [5.41, 5.74) is 1.70. The smallest absolute Gasteiger partial charge is 0.291 e. The van der Waals surface area contributed by atoms with Gasteiger partial charge in [-0.1, -0.05) is 32.0 Å². The maximum atomic E-state index is 12.5. The maximum absolute atomic E-state index is 12.5. The highest BCUT2D eigenvalue weighted by Crippen LogP contribution is 2.26. The lowest BCUT2D eigenvalue weighted by atomic mass is 10.0. The van der Waals surface area contributed by atoms with Crippen LogP contribution in [0.1, 0.15) is 48.7 Å². The highest BCUT2D eigenvalue weighted by atomic mass is 32.2. The second-order valence-electron chi connectivity index (χ2n) is 6.43. The normalized spacial score (nSPS) is 15.6.